The van der Waals surface area contributed by atoms with E-state index in [2.05, 4.69) is 21.2 Å². The highest BCUT2D eigenvalue weighted by Gasteiger charge is 2.40. The van der Waals surface area contributed by atoms with E-state index >= 15 is 0 Å². The fraction of sp³-hybridized carbons (Fsp3) is 0.250. The average Bonchev–Trinajstić information content (AvgIpc) is 2.41. The first kappa shape index (κ1) is 15.9. The maximum Gasteiger partial charge on any atom is 0.412 e. The Bertz CT molecular complexity index is 600. The summed E-state index contributed by atoms with van der Waals surface area (Å²) in [6.07, 6.45) is -4.36. The Morgan fingerprint density at radius 2 is 1.52 bits per heavy atom. The first-order valence-electron chi connectivity index (χ1n) is 6.44. The van der Waals surface area contributed by atoms with Gasteiger partial charge in [0.05, 0.1) is 0 Å². The molecule has 1 nitrogen and oxygen atoms in total. The van der Waals surface area contributed by atoms with Crippen molar-refractivity contribution in [3.05, 3.63) is 63.6 Å². The number of halogens is 4. The maximum atomic E-state index is 13.3. The highest BCUT2D eigenvalue weighted by Crippen LogP contribution is 2.36. The molecule has 1 atom stereocenters. The zero-order valence-electron chi connectivity index (χ0n) is 11.6. The van der Waals surface area contributed by atoms with Gasteiger partial charge in [-0.05, 0) is 42.7 Å². The van der Waals surface area contributed by atoms with Gasteiger partial charge in [0.2, 0.25) is 0 Å². The van der Waals surface area contributed by atoms with Crippen molar-refractivity contribution in [1.29, 1.82) is 0 Å². The number of aryl methyl sites for hydroxylation is 2. The second kappa shape index (κ2) is 6.10. The molecule has 0 radical (unpaired) electrons. The van der Waals surface area contributed by atoms with Crippen molar-refractivity contribution in [3.63, 3.8) is 0 Å². The molecule has 0 fully saturated rings. The number of rotatable bonds is 3. The minimum absolute atomic E-state index is 0.197. The lowest BCUT2D eigenvalue weighted by Crippen LogP contribution is -2.27. The predicted molar refractivity (Wildman–Crippen MR) is 82.5 cm³/mol. The molecule has 0 saturated heterocycles. The Kier molecular flexibility index (Phi) is 4.61. The fourth-order valence-corrected chi connectivity index (χ4v) is 2.42. The molecule has 0 aromatic heterocycles. The van der Waals surface area contributed by atoms with Crippen LogP contribution in [0, 0.1) is 13.8 Å². The van der Waals surface area contributed by atoms with Crippen LogP contribution in [-0.2, 0) is 0 Å². The lowest BCUT2D eigenvalue weighted by atomic mass is 10.1. The second-order valence-electron chi connectivity index (χ2n) is 4.95. The van der Waals surface area contributed by atoms with E-state index in [-0.39, 0.29) is 5.56 Å². The first-order chi connectivity index (χ1) is 9.79. The van der Waals surface area contributed by atoms with Gasteiger partial charge in [-0.1, -0.05) is 46.3 Å². The Hall–Kier alpha value is -1.49. The summed E-state index contributed by atoms with van der Waals surface area (Å²) in [4.78, 5) is 0. The highest BCUT2D eigenvalue weighted by molar-refractivity contribution is 9.10. The fourth-order valence-electron chi connectivity index (χ4n) is 2.20. The molecule has 0 amide bonds. The van der Waals surface area contributed by atoms with Crippen molar-refractivity contribution < 1.29 is 13.2 Å². The number of hydrogen-bond donors (Lipinski definition) is 1. The number of benzene rings is 2. The van der Waals surface area contributed by atoms with E-state index in [0.717, 1.165) is 15.6 Å². The summed E-state index contributed by atoms with van der Waals surface area (Å²) in [5.74, 6) is 0. The second-order valence-corrected chi connectivity index (χ2v) is 5.75. The standard InChI is InChI=1S/C16H15BrF3N/c1-10-8-13(9-11(2)14(10)17)21-15(16(18,19)20)12-6-4-3-5-7-12/h3-9,15,21H,1-2H3. The third-order valence-corrected chi connectivity index (χ3v) is 4.46. The van der Waals surface area contributed by atoms with Crippen LogP contribution in [0.1, 0.15) is 22.7 Å². The van der Waals surface area contributed by atoms with Crippen LogP contribution in [0.4, 0.5) is 18.9 Å². The van der Waals surface area contributed by atoms with Crippen molar-refractivity contribution in [1.82, 2.24) is 0 Å². The molecule has 0 bridgehead atoms. The molecule has 0 spiro atoms. The first-order valence-corrected chi connectivity index (χ1v) is 7.23. The SMILES string of the molecule is Cc1cc(NC(c2ccccc2)C(F)(F)F)cc(C)c1Br. The van der Waals surface area contributed by atoms with Crippen LogP contribution in [-0.4, -0.2) is 6.18 Å². The third kappa shape index (κ3) is 3.79. The van der Waals surface area contributed by atoms with Crippen LogP contribution in [0.5, 0.6) is 0 Å². The lowest BCUT2D eigenvalue weighted by Gasteiger charge is -2.24. The summed E-state index contributed by atoms with van der Waals surface area (Å²) in [7, 11) is 0. The summed E-state index contributed by atoms with van der Waals surface area (Å²) < 4.78 is 40.8. The molecular weight excluding hydrogens is 343 g/mol. The molecular formula is C16H15BrF3N. The van der Waals surface area contributed by atoms with Gasteiger partial charge in [-0.25, -0.2) is 0 Å². The van der Waals surface area contributed by atoms with Crippen LogP contribution in [0.3, 0.4) is 0 Å². The molecule has 2 aromatic carbocycles. The molecule has 2 aromatic rings. The zero-order chi connectivity index (χ0) is 15.6. The van der Waals surface area contributed by atoms with Crippen LogP contribution >= 0.6 is 15.9 Å². The topological polar surface area (TPSA) is 12.0 Å². The Morgan fingerprint density at radius 3 is 2.00 bits per heavy atom. The lowest BCUT2D eigenvalue weighted by molar-refractivity contribution is -0.144. The van der Waals surface area contributed by atoms with E-state index in [9.17, 15) is 13.2 Å². The van der Waals surface area contributed by atoms with E-state index in [0.29, 0.717) is 5.69 Å². The highest BCUT2D eigenvalue weighted by atomic mass is 79.9. The van der Waals surface area contributed by atoms with Crippen LogP contribution in [0.15, 0.2) is 46.9 Å². The molecule has 0 aliphatic rings. The van der Waals surface area contributed by atoms with E-state index in [1.807, 2.05) is 13.8 Å². The summed E-state index contributed by atoms with van der Waals surface area (Å²) >= 11 is 3.41. The van der Waals surface area contributed by atoms with Gasteiger partial charge in [0.25, 0.3) is 0 Å². The van der Waals surface area contributed by atoms with Gasteiger partial charge in [-0.2, -0.15) is 13.2 Å². The smallest absolute Gasteiger partial charge is 0.370 e. The van der Waals surface area contributed by atoms with Gasteiger partial charge >= 0.3 is 6.18 Å². The van der Waals surface area contributed by atoms with Gasteiger partial charge < -0.3 is 5.32 Å². The average molecular weight is 358 g/mol. The summed E-state index contributed by atoms with van der Waals surface area (Å²) in [5.41, 5.74) is 2.44. The van der Waals surface area contributed by atoms with Crippen LogP contribution in [0.25, 0.3) is 0 Å². The molecule has 0 aliphatic heterocycles. The molecule has 0 saturated carbocycles. The maximum absolute atomic E-state index is 13.3. The molecule has 5 heteroatoms. The van der Waals surface area contributed by atoms with E-state index < -0.39 is 12.2 Å². The van der Waals surface area contributed by atoms with E-state index in [4.69, 9.17) is 0 Å². The molecule has 0 heterocycles. The summed E-state index contributed by atoms with van der Waals surface area (Å²) in [6.45, 7) is 3.71. The summed E-state index contributed by atoms with van der Waals surface area (Å²) in [5, 5.41) is 2.60. The minimum atomic E-state index is -4.36. The molecule has 1 N–H and O–H groups in total. The Labute approximate surface area is 130 Å². The molecule has 21 heavy (non-hydrogen) atoms. The van der Waals surface area contributed by atoms with Gasteiger partial charge in [0.1, 0.15) is 6.04 Å². The van der Waals surface area contributed by atoms with Gasteiger partial charge in [-0.15, -0.1) is 0 Å². The van der Waals surface area contributed by atoms with Crippen molar-refractivity contribution >= 4 is 21.6 Å². The Balaban J connectivity index is 2.37. The van der Waals surface area contributed by atoms with Crippen molar-refractivity contribution in [3.8, 4) is 0 Å². The van der Waals surface area contributed by atoms with E-state index in [1.54, 1.807) is 30.3 Å². The van der Waals surface area contributed by atoms with Crippen molar-refractivity contribution in [2.24, 2.45) is 0 Å². The van der Waals surface area contributed by atoms with Crippen molar-refractivity contribution in [2.45, 2.75) is 26.1 Å². The predicted octanol–water partition coefficient (Wildman–Crippen LogP) is 5.78. The normalized spacial score (nSPS) is 13.0. The monoisotopic (exact) mass is 357 g/mol. The molecule has 2 rings (SSSR count). The largest absolute Gasteiger partial charge is 0.412 e. The third-order valence-electron chi connectivity index (χ3n) is 3.21. The van der Waals surface area contributed by atoms with Gasteiger partial charge in [-0.3, -0.25) is 0 Å². The zero-order valence-corrected chi connectivity index (χ0v) is 13.2. The molecule has 0 aliphatic carbocycles. The van der Waals surface area contributed by atoms with Crippen molar-refractivity contribution in [2.75, 3.05) is 5.32 Å². The summed E-state index contributed by atoms with van der Waals surface area (Å²) in [6, 6.07) is 9.55. The number of alkyl halides is 3. The van der Waals surface area contributed by atoms with E-state index in [1.165, 1.54) is 12.1 Å². The number of hydrogen-bond acceptors (Lipinski definition) is 1. The van der Waals surface area contributed by atoms with Gasteiger partial charge in [0, 0.05) is 10.2 Å². The number of nitrogens with one attached hydrogen (secondary N) is 1. The quantitative estimate of drug-likeness (QED) is 0.733. The minimum Gasteiger partial charge on any atom is -0.370 e. The molecule has 112 valence electrons. The van der Waals surface area contributed by atoms with Crippen LogP contribution < -0.4 is 5.32 Å². The molecule has 1 unspecified atom stereocenters. The van der Waals surface area contributed by atoms with Gasteiger partial charge in [0.15, 0.2) is 0 Å². The number of anilines is 1. The Morgan fingerprint density at radius 1 is 1.00 bits per heavy atom. The van der Waals surface area contributed by atoms with Crippen LogP contribution in [0.2, 0.25) is 0 Å².